The summed E-state index contributed by atoms with van der Waals surface area (Å²) < 4.78 is 12.3. The fourth-order valence-corrected chi connectivity index (χ4v) is 1.14. The van der Waals surface area contributed by atoms with Crippen LogP contribution in [-0.2, 0) is 0 Å². The van der Waals surface area contributed by atoms with E-state index in [2.05, 4.69) is 15.6 Å². The molecule has 0 aliphatic heterocycles. The molecule has 0 bridgehead atoms. The Labute approximate surface area is 87.9 Å². The van der Waals surface area contributed by atoms with Gasteiger partial charge in [0.1, 0.15) is 6.67 Å². The number of hydrogen-bond donors (Lipinski definition) is 2. The first-order chi connectivity index (χ1) is 7.19. The van der Waals surface area contributed by atoms with Crippen LogP contribution in [0, 0.1) is 0 Å². The van der Waals surface area contributed by atoms with Gasteiger partial charge in [-0.25, -0.2) is 4.39 Å². The predicted octanol–water partition coefficient (Wildman–Crippen LogP) is 1.21. The van der Waals surface area contributed by atoms with Gasteiger partial charge >= 0.3 is 0 Å². The maximum absolute atomic E-state index is 12.3. The highest BCUT2D eigenvalue weighted by Gasteiger charge is 2.11. The molecule has 1 unspecified atom stereocenters. The molecule has 1 atom stereocenters. The molecule has 0 aliphatic rings. The van der Waals surface area contributed by atoms with Crippen molar-refractivity contribution >= 4 is 11.6 Å². The van der Waals surface area contributed by atoms with Gasteiger partial charge in [0.2, 0.25) is 0 Å². The smallest absolute Gasteiger partial charge is 0.254 e. The molecule has 1 aromatic heterocycles. The Morgan fingerprint density at radius 1 is 1.67 bits per heavy atom. The molecule has 0 saturated carbocycles. The monoisotopic (exact) mass is 211 g/mol. The third-order valence-corrected chi connectivity index (χ3v) is 1.93. The van der Waals surface area contributed by atoms with Crippen molar-refractivity contribution in [1.82, 2.24) is 10.3 Å². The van der Waals surface area contributed by atoms with E-state index in [4.69, 9.17) is 0 Å². The zero-order valence-electron chi connectivity index (χ0n) is 8.75. The van der Waals surface area contributed by atoms with Crippen LogP contribution in [0.4, 0.5) is 10.1 Å². The zero-order valence-corrected chi connectivity index (χ0v) is 8.75. The molecule has 0 fully saturated rings. The molecule has 0 aromatic carbocycles. The van der Waals surface area contributed by atoms with Crippen LogP contribution >= 0.6 is 0 Å². The van der Waals surface area contributed by atoms with Crippen LogP contribution < -0.4 is 10.6 Å². The molecule has 1 rings (SSSR count). The van der Waals surface area contributed by atoms with E-state index in [1.807, 2.05) is 0 Å². The topological polar surface area (TPSA) is 54.0 Å². The van der Waals surface area contributed by atoms with Gasteiger partial charge in [-0.2, -0.15) is 0 Å². The average molecular weight is 211 g/mol. The number of nitrogens with zero attached hydrogens (tertiary/aromatic N) is 1. The summed E-state index contributed by atoms with van der Waals surface area (Å²) in [6, 6.07) is 1.33. The van der Waals surface area contributed by atoms with Crippen molar-refractivity contribution in [3.05, 3.63) is 24.0 Å². The summed E-state index contributed by atoms with van der Waals surface area (Å²) >= 11 is 0. The molecular weight excluding hydrogens is 197 g/mol. The summed E-state index contributed by atoms with van der Waals surface area (Å²) in [6.45, 7) is 1.21. The second-order valence-electron chi connectivity index (χ2n) is 3.20. The summed E-state index contributed by atoms with van der Waals surface area (Å²) in [5.41, 5.74) is 1.01. The van der Waals surface area contributed by atoms with Crippen LogP contribution in [-0.4, -0.2) is 30.7 Å². The van der Waals surface area contributed by atoms with Gasteiger partial charge in [0.05, 0.1) is 17.3 Å². The molecule has 0 spiro atoms. The maximum Gasteiger partial charge on any atom is 0.254 e. The highest BCUT2D eigenvalue weighted by atomic mass is 19.1. The Balaban J connectivity index is 2.91. The molecule has 0 aliphatic carbocycles. The number of anilines is 1. The summed E-state index contributed by atoms with van der Waals surface area (Å²) in [7, 11) is 1.54. The Morgan fingerprint density at radius 2 is 2.40 bits per heavy atom. The third-order valence-electron chi connectivity index (χ3n) is 1.93. The Bertz CT molecular complexity index is 343. The molecule has 1 aromatic rings. The first kappa shape index (κ1) is 11.4. The molecule has 15 heavy (non-hydrogen) atoms. The van der Waals surface area contributed by atoms with Gasteiger partial charge < -0.3 is 10.6 Å². The Kier molecular flexibility index (Phi) is 4.03. The van der Waals surface area contributed by atoms with Gasteiger partial charge in [-0.05, 0) is 13.0 Å². The molecule has 1 heterocycles. The fraction of sp³-hybridized carbons (Fsp3) is 0.400. The molecule has 82 valence electrons. The van der Waals surface area contributed by atoms with Crippen LogP contribution in [0.25, 0.3) is 0 Å². The Morgan fingerprint density at radius 3 is 3.00 bits per heavy atom. The maximum atomic E-state index is 12.3. The first-order valence-electron chi connectivity index (χ1n) is 4.67. The quantitative estimate of drug-likeness (QED) is 0.787. The lowest BCUT2D eigenvalue weighted by atomic mass is 10.2. The van der Waals surface area contributed by atoms with E-state index >= 15 is 0 Å². The van der Waals surface area contributed by atoms with Gasteiger partial charge in [-0.3, -0.25) is 9.78 Å². The number of carbonyl (C=O) groups is 1. The third kappa shape index (κ3) is 2.90. The fourth-order valence-electron chi connectivity index (χ4n) is 1.14. The SMILES string of the molecule is CNC(=O)c1cnccc1NC(C)CF. The number of carbonyl (C=O) groups excluding carboxylic acids is 1. The second kappa shape index (κ2) is 5.29. The summed E-state index contributed by atoms with van der Waals surface area (Å²) in [5, 5.41) is 5.40. The van der Waals surface area contributed by atoms with E-state index in [-0.39, 0.29) is 11.9 Å². The lowest BCUT2D eigenvalue weighted by Crippen LogP contribution is -2.23. The van der Waals surface area contributed by atoms with Crippen molar-refractivity contribution in [3.8, 4) is 0 Å². The standard InChI is InChI=1S/C10H14FN3O/c1-7(5-11)14-9-3-4-13-6-8(9)10(15)12-2/h3-4,6-7H,5H2,1-2H3,(H,12,15)(H,13,14). The number of alkyl halides is 1. The van der Waals surface area contributed by atoms with Gasteiger partial charge in [-0.1, -0.05) is 0 Å². The zero-order chi connectivity index (χ0) is 11.3. The molecule has 0 radical (unpaired) electrons. The van der Waals surface area contributed by atoms with Gasteiger partial charge in [0, 0.05) is 19.4 Å². The van der Waals surface area contributed by atoms with Crippen molar-refractivity contribution in [2.75, 3.05) is 19.0 Å². The Hall–Kier alpha value is -1.65. The van der Waals surface area contributed by atoms with Gasteiger partial charge in [0.25, 0.3) is 5.91 Å². The first-order valence-corrected chi connectivity index (χ1v) is 4.67. The number of halogens is 1. The molecular formula is C10H14FN3O. The van der Waals surface area contributed by atoms with Crippen LogP contribution in [0.2, 0.25) is 0 Å². The minimum atomic E-state index is -0.491. The summed E-state index contributed by atoms with van der Waals surface area (Å²) in [6.07, 6.45) is 3.01. The molecule has 0 saturated heterocycles. The van der Waals surface area contributed by atoms with Crippen LogP contribution in [0.1, 0.15) is 17.3 Å². The second-order valence-corrected chi connectivity index (χ2v) is 3.20. The average Bonchev–Trinajstić information content (AvgIpc) is 2.28. The number of nitrogens with one attached hydrogen (secondary N) is 2. The normalized spacial score (nSPS) is 11.9. The van der Waals surface area contributed by atoms with E-state index in [0.717, 1.165) is 0 Å². The van der Waals surface area contributed by atoms with Crippen LogP contribution in [0.5, 0.6) is 0 Å². The number of pyridine rings is 1. The summed E-state index contributed by atoms with van der Waals surface area (Å²) in [4.78, 5) is 15.3. The minimum absolute atomic E-state index is 0.239. The predicted molar refractivity (Wildman–Crippen MR) is 56.7 cm³/mol. The largest absolute Gasteiger partial charge is 0.379 e. The van der Waals surface area contributed by atoms with E-state index in [1.54, 1.807) is 19.2 Å². The number of rotatable bonds is 4. The highest BCUT2D eigenvalue weighted by molar-refractivity contribution is 5.99. The number of amides is 1. The van der Waals surface area contributed by atoms with Crippen molar-refractivity contribution in [2.45, 2.75) is 13.0 Å². The number of hydrogen-bond acceptors (Lipinski definition) is 3. The van der Waals surface area contributed by atoms with E-state index in [9.17, 15) is 9.18 Å². The van der Waals surface area contributed by atoms with Crippen LogP contribution in [0.15, 0.2) is 18.5 Å². The van der Waals surface area contributed by atoms with Crippen molar-refractivity contribution < 1.29 is 9.18 Å². The minimum Gasteiger partial charge on any atom is -0.379 e. The molecule has 2 N–H and O–H groups in total. The number of aromatic nitrogens is 1. The van der Waals surface area contributed by atoms with Crippen molar-refractivity contribution in [3.63, 3.8) is 0 Å². The lowest BCUT2D eigenvalue weighted by molar-refractivity contribution is 0.0963. The van der Waals surface area contributed by atoms with E-state index in [0.29, 0.717) is 11.3 Å². The summed E-state index contributed by atoms with van der Waals surface area (Å²) in [5.74, 6) is -0.239. The van der Waals surface area contributed by atoms with E-state index in [1.165, 1.54) is 13.2 Å². The van der Waals surface area contributed by atoms with E-state index < -0.39 is 6.67 Å². The molecule has 4 nitrogen and oxygen atoms in total. The van der Waals surface area contributed by atoms with Crippen molar-refractivity contribution in [2.24, 2.45) is 0 Å². The molecule has 5 heteroatoms. The lowest BCUT2D eigenvalue weighted by Gasteiger charge is -2.14. The highest BCUT2D eigenvalue weighted by Crippen LogP contribution is 2.14. The van der Waals surface area contributed by atoms with Crippen LogP contribution in [0.3, 0.4) is 0 Å². The van der Waals surface area contributed by atoms with Crippen molar-refractivity contribution in [1.29, 1.82) is 0 Å². The van der Waals surface area contributed by atoms with Gasteiger partial charge in [0.15, 0.2) is 0 Å². The molecule has 1 amide bonds. The van der Waals surface area contributed by atoms with Gasteiger partial charge in [-0.15, -0.1) is 0 Å².